The number of aliphatic carboxylic acids is 1. The maximum absolute atomic E-state index is 10.4. The second kappa shape index (κ2) is 2.33. The third-order valence-electron chi connectivity index (χ3n) is 1.50. The number of hydroxylamine groups is 2. The molecule has 4 nitrogen and oxygen atoms in total. The summed E-state index contributed by atoms with van der Waals surface area (Å²) in [6, 6.07) is 0. The average Bonchev–Trinajstić information content (AvgIpc) is 2.14. The van der Waals surface area contributed by atoms with Gasteiger partial charge in [-0.25, -0.2) is 0 Å². The van der Waals surface area contributed by atoms with Gasteiger partial charge in [0, 0.05) is 0 Å². The van der Waals surface area contributed by atoms with Gasteiger partial charge in [0.25, 0.3) is 0 Å². The van der Waals surface area contributed by atoms with Crippen LogP contribution in [-0.4, -0.2) is 29.2 Å². The molecule has 0 aromatic heterocycles. The molecule has 1 fully saturated rings. The van der Waals surface area contributed by atoms with Gasteiger partial charge in [-0.05, 0) is 19.5 Å². The van der Waals surface area contributed by atoms with Crippen molar-refractivity contribution in [3.8, 4) is 0 Å². The molecule has 0 spiro atoms. The lowest BCUT2D eigenvalue weighted by Crippen LogP contribution is -2.17. The zero-order valence-electron chi connectivity index (χ0n) is 4.91. The van der Waals surface area contributed by atoms with E-state index in [1.807, 2.05) is 0 Å². The topological polar surface area (TPSA) is 63.6 Å². The van der Waals surface area contributed by atoms with Crippen LogP contribution in [0.3, 0.4) is 0 Å². The molecule has 0 amide bonds. The molecule has 0 aliphatic carbocycles. The highest BCUT2D eigenvalue weighted by molar-refractivity contribution is 5.70. The molecule has 0 bridgehead atoms. The summed E-state index contributed by atoms with van der Waals surface area (Å²) in [5.41, 5.74) is 0. The molecule has 1 N–H and O–H groups in total. The van der Waals surface area contributed by atoms with E-state index in [4.69, 9.17) is 5.11 Å². The maximum atomic E-state index is 10.4. The van der Waals surface area contributed by atoms with Gasteiger partial charge in [-0.1, -0.05) is 0 Å². The van der Waals surface area contributed by atoms with Gasteiger partial charge < -0.3 is 15.4 Å². The first-order valence-electron chi connectivity index (χ1n) is 2.85. The number of nitrogens with zero attached hydrogens (tertiary/aromatic N) is 1. The fraction of sp³-hybridized carbons (Fsp3) is 0.800. The second-order valence-corrected chi connectivity index (χ2v) is 2.21. The minimum absolute atomic E-state index is 0.162. The molecule has 0 saturated carbocycles. The molecular weight excluding hydrogens is 122 g/mol. The van der Waals surface area contributed by atoms with E-state index in [9.17, 15) is 10.0 Å². The van der Waals surface area contributed by atoms with Crippen LogP contribution in [0.1, 0.15) is 6.42 Å². The summed E-state index contributed by atoms with van der Waals surface area (Å²) in [5.74, 6) is -1.28. The highest BCUT2D eigenvalue weighted by atomic mass is 16.5. The van der Waals surface area contributed by atoms with E-state index in [1.165, 1.54) is 0 Å². The minimum atomic E-state index is -0.853. The van der Waals surface area contributed by atoms with Crippen molar-refractivity contribution in [2.24, 2.45) is 5.92 Å². The Morgan fingerprint density at radius 3 is 2.67 bits per heavy atom. The Balaban J connectivity index is 2.39. The highest BCUT2D eigenvalue weighted by Gasteiger charge is 2.22. The summed E-state index contributed by atoms with van der Waals surface area (Å²) >= 11 is 0. The fourth-order valence-corrected chi connectivity index (χ4v) is 0.930. The van der Waals surface area contributed by atoms with Crippen molar-refractivity contribution in [3.05, 3.63) is 5.21 Å². The van der Waals surface area contributed by atoms with Crippen LogP contribution in [-0.2, 0) is 4.79 Å². The third-order valence-corrected chi connectivity index (χ3v) is 1.50. The first-order valence-corrected chi connectivity index (χ1v) is 2.85. The lowest BCUT2D eigenvalue weighted by atomic mass is 10.1. The normalized spacial score (nSPS) is 28.8. The van der Waals surface area contributed by atoms with Crippen LogP contribution in [0, 0.1) is 11.1 Å². The van der Waals surface area contributed by atoms with Crippen LogP contribution in [0.15, 0.2) is 0 Å². The molecule has 0 aromatic carbocycles. The molecule has 1 aliphatic rings. The predicted molar refractivity (Wildman–Crippen MR) is 30.7 cm³/mol. The van der Waals surface area contributed by atoms with E-state index in [-0.39, 0.29) is 6.54 Å². The number of hydrogen-bond acceptors (Lipinski definition) is 3. The van der Waals surface area contributed by atoms with Gasteiger partial charge in [0.05, 0.1) is 5.92 Å². The number of hydrogen-bond donors (Lipinski definition) is 1. The summed E-state index contributed by atoms with van der Waals surface area (Å²) in [7, 11) is 0. The lowest BCUT2D eigenvalue weighted by Gasteiger charge is -2.19. The van der Waals surface area contributed by atoms with E-state index >= 15 is 0 Å². The molecular formula is C5H8NO3-. The van der Waals surface area contributed by atoms with Crippen molar-refractivity contribution in [2.75, 3.05) is 13.1 Å². The highest BCUT2D eigenvalue weighted by Crippen LogP contribution is 2.13. The Hall–Kier alpha value is -0.610. The van der Waals surface area contributed by atoms with Crippen LogP contribution in [0.4, 0.5) is 0 Å². The van der Waals surface area contributed by atoms with Crippen molar-refractivity contribution in [3.63, 3.8) is 0 Å². The number of carbonyl (C=O) groups is 1. The zero-order valence-corrected chi connectivity index (χ0v) is 4.91. The van der Waals surface area contributed by atoms with E-state index in [0.717, 1.165) is 5.06 Å². The number of carboxylic acids is 1. The van der Waals surface area contributed by atoms with Crippen LogP contribution < -0.4 is 0 Å². The molecule has 0 radical (unpaired) electrons. The lowest BCUT2D eigenvalue weighted by molar-refractivity contribution is -0.141. The molecule has 1 unspecified atom stereocenters. The quantitative estimate of drug-likeness (QED) is 0.538. The molecule has 1 rings (SSSR count). The van der Waals surface area contributed by atoms with Crippen LogP contribution in [0.2, 0.25) is 0 Å². The van der Waals surface area contributed by atoms with Crippen molar-refractivity contribution in [1.82, 2.24) is 5.06 Å². The Kier molecular flexibility index (Phi) is 1.68. The predicted octanol–water partition coefficient (Wildman–Crippen LogP) is -0.109. The fourth-order valence-electron chi connectivity index (χ4n) is 0.930. The van der Waals surface area contributed by atoms with Gasteiger partial charge in [-0.3, -0.25) is 4.79 Å². The molecule has 52 valence electrons. The first-order chi connectivity index (χ1) is 4.20. The summed E-state index contributed by atoms with van der Waals surface area (Å²) < 4.78 is 0. The molecule has 1 atom stereocenters. The monoisotopic (exact) mass is 130 g/mol. The summed E-state index contributed by atoms with van der Waals surface area (Å²) in [6.07, 6.45) is 0.499. The molecule has 4 heteroatoms. The molecule has 1 aliphatic heterocycles. The SMILES string of the molecule is O=C(O)C1CCN([O-])C1. The average molecular weight is 130 g/mol. The Labute approximate surface area is 52.7 Å². The van der Waals surface area contributed by atoms with Crippen LogP contribution in [0.25, 0.3) is 0 Å². The van der Waals surface area contributed by atoms with Crippen molar-refractivity contribution in [1.29, 1.82) is 0 Å². The van der Waals surface area contributed by atoms with Gasteiger partial charge in [0.15, 0.2) is 0 Å². The van der Waals surface area contributed by atoms with Gasteiger partial charge >= 0.3 is 5.97 Å². The summed E-state index contributed by atoms with van der Waals surface area (Å²) in [4.78, 5) is 10.2. The Morgan fingerprint density at radius 2 is 2.44 bits per heavy atom. The summed E-state index contributed by atoms with van der Waals surface area (Å²) in [5, 5.41) is 19.6. The number of carboxylic acid groups (broad SMARTS) is 1. The third kappa shape index (κ3) is 1.40. The molecule has 1 heterocycles. The molecule has 0 aromatic rings. The van der Waals surface area contributed by atoms with Crippen LogP contribution in [0.5, 0.6) is 0 Å². The van der Waals surface area contributed by atoms with Crippen LogP contribution >= 0.6 is 0 Å². The van der Waals surface area contributed by atoms with E-state index in [1.54, 1.807) is 0 Å². The largest absolute Gasteiger partial charge is 0.785 e. The second-order valence-electron chi connectivity index (χ2n) is 2.21. The molecule has 9 heavy (non-hydrogen) atoms. The van der Waals surface area contributed by atoms with Crippen molar-refractivity contribution in [2.45, 2.75) is 6.42 Å². The van der Waals surface area contributed by atoms with Gasteiger partial charge in [0.2, 0.25) is 0 Å². The van der Waals surface area contributed by atoms with Crippen molar-refractivity contribution < 1.29 is 9.90 Å². The van der Waals surface area contributed by atoms with E-state index < -0.39 is 11.9 Å². The number of rotatable bonds is 1. The molecule has 1 saturated heterocycles. The summed E-state index contributed by atoms with van der Waals surface area (Å²) in [6.45, 7) is 0.534. The Morgan fingerprint density at radius 1 is 1.78 bits per heavy atom. The van der Waals surface area contributed by atoms with Gasteiger partial charge in [0.1, 0.15) is 0 Å². The Bertz CT molecular complexity index is 125. The standard InChI is InChI=1S/C5H8NO3/c7-5(8)4-1-2-6(9)3-4/h4H,1-3H2,(H,7,8)/q-1. The first kappa shape index (κ1) is 6.51. The maximum Gasteiger partial charge on any atom is 0.307 e. The smallest absolute Gasteiger partial charge is 0.307 e. The van der Waals surface area contributed by atoms with E-state index in [2.05, 4.69) is 0 Å². The minimum Gasteiger partial charge on any atom is -0.785 e. The van der Waals surface area contributed by atoms with Gasteiger partial charge in [-0.15, -0.1) is 0 Å². The zero-order chi connectivity index (χ0) is 6.85. The van der Waals surface area contributed by atoms with Crippen molar-refractivity contribution >= 4 is 5.97 Å². The van der Waals surface area contributed by atoms with E-state index in [0.29, 0.717) is 13.0 Å². The van der Waals surface area contributed by atoms with Gasteiger partial charge in [-0.2, -0.15) is 0 Å².